The van der Waals surface area contributed by atoms with Gasteiger partial charge in [0.2, 0.25) is 0 Å². The number of piperazine rings is 1. The number of nitrogens with zero attached hydrogens (tertiary/aromatic N) is 3. The molecule has 9 nitrogen and oxygen atoms in total. The molecule has 9 heteroatoms. The van der Waals surface area contributed by atoms with E-state index in [0.717, 1.165) is 57.3 Å². The van der Waals surface area contributed by atoms with Crippen molar-refractivity contribution in [2.45, 2.75) is 0 Å². The Morgan fingerprint density at radius 3 is 2.59 bits per heavy atom. The lowest BCUT2D eigenvalue weighted by Crippen LogP contribution is -2.44. The highest BCUT2D eigenvalue weighted by Gasteiger charge is 2.13. The zero-order valence-electron chi connectivity index (χ0n) is 19.2. The number of morpholine rings is 1. The molecule has 0 saturated carbocycles. The number of rotatable bonds is 8. The topological polar surface area (TPSA) is 96.0 Å². The number of nitrogens with one attached hydrogen (secondary N) is 2. The molecule has 2 aromatic rings. The van der Waals surface area contributed by atoms with Crippen LogP contribution in [0.25, 0.3) is 6.08 Å². The van der Waals surface area contributed by atoms with Crippen molar-refractivity contribution in [1.82, 2.24) is 15.2 Å². The predicted molar refractivity (Wildman–Crippen MR) is 131 cm³/mol. The number of anilines is 2. The van der Waals surface area contributed by atoms with E-state index in [4.69, 9.17) is 9.47 Å². The fraction of sp³-hybridized carbons (Fsp3) is 0.400. The third-order valence-electron chi connectivity index (χ3n) is 5.76. The molecule has 1 aromatic heterocycles. The number of amides is 1. The number of ether oxygens (including phenoxy) is 2. The minimum absolute atomic E-state index is 0.135. The Bertz CT molecular complexity index is 983. The molecule has 0 atom stereocenters. The highest BCUT2D eigenvalue weighted by atomic mass is 16.5. The third-order valence-corrected chi connectivity index (χ3v) is 5.76. The van der Waals surface area contributed by atoms with Crippen molar-refractivity contribution in [1.29, 1.82) is 0 Å². The molecular formula is C25H31N5O4. The van der Waals surface area contributed by atoms with Gasteiger partial charge in [-0.25, -0.2) is 9.78 Å². The van der Waals surface area contributed by atoms with Crippen LogP contribution in [0.3, 0.4) is 0 Å². The van der Waals surface area contributed by atoms with E-state index in [9.17, 15) is 9.59 Å². The number of carbonyl (C=O) groups excluding carboxylic acids is 2. The van der Waals surface area contributed by atoms with Gasteiger partial charge >= 0.3 is 6.09 Å². The lowest BCUT2D eigenvalue weighted by atomic mass is 10.1. The summed E-state index contributed by atoms with van der Waals surface area (Å²) in [7, 11) is 0. The van der Waals surface area contributed by atoms with E-state index in [1.165, 1.54) is 6.08 Å². The molecule has 4 rings (SSSR count). The average Bonchev–Trinajstić information content (AvgIpc) is 2.89. The normalized spacial score (nSPS) is 17.0. The number of pyridine rings is 1. The SMILES string of the molecule is O=C(Nc1ccc(C(=O)/C=C/c2cccc(N3CCOCC3)n2)cc1)OCCN1CCNCC1. The van der Waals surface area contributed by atoms with Crippen molar-refractivity contribution >= 4 is 29.5 Å². The van der Waals surface area contributed by atoms with Crippen LogP contribution >= 0.6 is 0 Å². The first-order valence-corrected chi connectivity index (χ1v) is 11.7. The summed E-state index contributed by atoms with van der Waals surface area (Å²) in [5.74, 6) is 0.747. The molecular weight excluding hydrogens is 434 g/mol. The van der Waals surface area contributed by atoms with Crippen molar-refractivity contribution in [3.05, 3.63) is 59.8 Å². The number of allylic oxidation sites excluding steroid dienone is 1. The fourth-order valence-corrected chi connectivity index (χ4v) is 3.83. The second-order valence-corrected chi connectivity index (χ2v) is 8.15. The van der Waals surface area contributed by atoms with Crippen LogP contribution in [0, 0.1) is 0 Å². The Kier molecular flexibility index (Phi) is 8.61. The second-order valence-electron chi connectivity index (χ2n) is 8.15. The number of ketones is 1. The van der Waals surface area contributed by atoms with Crippen LogP contribution in [0.1, 0.15) is 16.1 Å². The van der Waals surface area contributed by atoms with Crippen LogP contribution < -0.4 is 15.5 Å². The molecule has 0 unspecified atom stereocenters. The molecule has 3 heterocycles. The van der Waals surface area contributed by atoms with Crippen LogP contribution in [0.2, 0.25) is 0 Å². The van der Waals surface area contributed by atoms with E-state index >= 15 is 0 Å². The number of hydrogen-bond donors (Lipinski definition) is 2. The van der Waals surface area contributed by atoms with E-state index < -0.39 is 6.09 Å². The highest BCUT2D eigenvalue weighted by Crippen LogP contribution is 2.15. The van der Waals surface area contributed by atoms with E-state index in [1.807, 2.05) is 18.2 Å². The number of carbonyl (C=O) groups is 2. The summed E-state index contributed by atoms with van der Waals surface area (Å²) in [4.78, 5) is 33.6. The smallest absolute Gasteiger partial charge is 0.411 e. The Hall–Kier alpha value is -3.27. The molecule has 2 saturated heterocycles. The van der Waals surface area contributed by atoms with Gasteiger partial charge in [0, 0.05) is 57.1 Å². The minimum atomic E-state index is -0.500. The average molecular weight is 466 g/mol. The van der Waals surface area contributed by atoms with Gasteiger partial charge in [0.25, 0.3) is 0 Å². The van der Waals surface area contributed by atoms with Gasteiger partial charge in [-0.2, -0.15) is 0 Å². The molecule has 2 N–H and O–H groups in total. The lowest BCUT2D eigenvalue weighted by Gasteiger charge is -2.27. The number of benzene rings is 1. The van der Waals surface area contributed by atoms with Crippen LogP contribution in [0.15, 0.2) is 48.5 Å². The largest absolute Gasteiger partial charge is 0.448 e. The third kappa shape index (κ3) is 7.11. The quantitative estimate of drug-likeness (QED) is 0.453. The van der Waals surface area contributed by atoms with Crippen molar-refractivity contribution < 1.29 is 19.1 Å². The standard InChI is InChI=1S/C25H31N5O4/c31-23(9-8-21-2-1-3-24(27-21)30-15-17-33-18-16-30)20-4-6-22(7-5-20)28-25(32)34-19-14-29-12-10-26-11-13-29/h1-9,26H,10-19H2,(H,28,32)/b9-8+. The first-order valence-electron chi connectivity index (χ1n) is 11.7. The minimum Gasteiger partial charge on any atom is -0.448 e. The second kappa shape index (κ2) is 12.3. The molecule has 0 spiro atoms. The van der Waals surface area contributed by atoms with Crippen molar-refractivity contribution in [2.24, 2.45) is 0 Å². The van der Waals surface area contributed by atoms with Gasteiger partial charge in [-0.1, -0.05) is 6.07 Å². The summed E-state index contributed by atoms with van der Waals surface area (Å²) < 4.78 is 10.6. The first kappa shape index (κ1) is 23.9. The summed E-state index contributed by atoms with van der Waals surface area (Å²) in [6, 6.07) is 12.5. The zero-order valence-corrected chi connectivity index (χ0v) is 19.2. The maximum absolute atomic E-state index is 12.6. The molecule has 0 radical (unpaired) electrons. The van der Waals surface area contributed by atoms with E-state index in [-0.39, 0.29) is 5.78 Å². The molecule has 0 bridgehead atoms. The zero-order chi connectivity index (χ0) is 23.6. The number of hydrogen-bond acceptors (Lipinski definition) is 8. The Morgan fingerprint density at radius 1 is 1.06 bits per heavy atom. The van der Waals surface area contributed by atoms with E-state index in [2.05, 4.69) is 25.4 Å². The number of aromatic nitrogens is 1. The highest BCUT2D eigenvalue weighted by molar-refractivity contribution is 6.07. The van der Waals surface area contributed by atoms with E-state index in [1.54, 1.807) is 30.3 Å². The van der Waals surface area contributed by atoms with Gasteiger partial charge in [0.15, 0.2) is 5.78 Å². The molecule has 2 fully saturated rings. The van der Waals surface area contributed by atoms with Gasteiger partial charge in [0.05, 0.1) is 18.9 Å². The molecule has 1 amide bonds. The van der Waals surface area contributed by atoms with Crippen LogP contribution in [0.5, 0.6) is 0 Å². The van der Waals surface area contributed by atoms with Crippen LogP contribution in [-0.2, 0) is 9.47 Å². The van der Waals surface area contributed by atoms with Crippen LogP contribution in [0.4, 0.5) is 16.3 Å². The molecule has 1 aromatic carbocycles. The van der Waals surface area contributed by atoms with Gasteiger partial charge < -0.3 is 19.7 Å². The van der Waals surface area contributed by atoms with Gasteiger partial charge in [-0.3, -0.25) is 15.0 Å². The van der Waals surface area contributed by atoms with Crippen molar-refractivity contribution in [3.63, 3.8) is 0 Å². The molecule has 0 aliphatic carbocycles. The monoisotopic (exact) mass is 465 g/mol. The van der Waals surface area contributed by atoms with Gasteiger partial charge in [-0.15, -0.1) is 0 Å². The fourth-order valence-electron chi connectivity index (χ4n) is 3.83. The maximum atomic E-state index is 12.6. The summed E-state index contributed by atoms with van der Waals surface area (Å²) in [5, 5.41) is 5.99. The van der Waals surface area contributed by atoms with Crippen molar-refractivity contribution in [3.8, 4) is 0 Å². The first-order chi connectivity index (χ1) is 16.7. The summed E-state index contributed by atoms with van der Waals surface area (Å²) in [6.45, 7) is 7.92. The molecule has 180 valence electrons. The Labute approximate surface area is 199 Å². The summed E-state index contributed by atoms with van der Waals surface area (Å²) in [6.07, 6.45) is 2.73. The molecule has 34 heavy (non-hydrogen) atoms. The van der Waals surface area contributed by atoms with Crippen LogP contribution in [-0.4, -0.2) is 87.4 Å². The van der Waals surface area contributed by atoms with Gasteiger partial charge in [-0.05, 0) is 48.6 Å². The van der Waals surface area contributed by atoms with Crippen molar-refractivity contribution in [2.75, 3.05) is 75.9 Å². The summed E-state index contributed by atoms with van der Waals surface area (Å²) >= 11 is 0. The van der Waals surface area contributed by atoms with Gasteiger partial charge in [0.1, 0.15) is 12.4 Å². The molecule has 2 aliphatic rings. The maximum Gasteiger partial charge on any atom is 0.411 e. The predicted octanol–water partition coefficient (Wildman–Crippen LogP) is 2.27. The summed E-state index contributed by atoms with van der Waals surface area (Å²) in [5.41, 5.74) is 1.82. The Balaban J connectivity index is 1.25. The lowest BCUT2D eigenvalue weighted by molar-refractivity contribution is 0.104. The van der Waals surface area contributed by atoms with E-state index in [0.29, 0.717) is 31.1 Å². The Morgan fingerprint density at radius 2 is 1.82 bits per heavy atom. The molecule has 2 aliphatic heterocycles.